The van der Waals surface area contributed by atoms with Crippen LogP contribution in [0.3, 0.4) is 0 Å². The Bertz CT molecular complexity index is 367. The van der Waals surface area contributed by atoms with Crippen molar-refractivity contribution in [1.29, 1.82) is 0 Å². The van der Waals surface area contributed by atoms with Crippen molar-refractivity contribution in [1.82, 2.24) is 15.5 Å². The zero-order chi connectivity index (χ0) is 15.3. The SMILES string of the molecule is Cl.Cl.O=C(CCC1CCNC1)NCC1(N2CCCC2)CCOCC1. The first-order valence-electron chi connectivity index (χ1n) is 9.09. The second-order valence-corrected chi connectivity index (χ2v) is 7.21. The van der Waals surface area contributed by atoms with Gasteiger partial charge in [-0.3, -0.25) is 9.69 Å². The average molecular weight is 382 g/mol. The van der Waals surface area contributed by atoms with Crippen LogP contribution in [0.15, 0.2) is 0 Å². The minimum atomic E-state index is 0. The van der Waals surface area contributed by atoms with Crippen LogP contribution in [0.4, 0.5) is 0 Å². The summed E-state index contributed by atoms with van der Waals surface area (Å²) in [4.78, 5) is 14.8. The van der Waals surface area contributed by atoms with E-state index in [1.54, 1.807) is 0 Å². The van der Waals surface area contributed by atoms with Crippen molar-refractivity contribution in [2.45, 2.75) is 50.5 Å². The van der Waals surface area contributed by atoms with Crippen molar-refractivity contribution in [3.63, 3.8) is 0 Å². The lowest BCUT2D eigenvalue weighted by Gasteiger charge is -2.44. The van der Waals surface area contributed by atoms with E-state index < -0.39 is 0 Å². The van der Waals surface area contributed by atoms with Gasteiger partial charge in [-0.05, 0) is 70.6 Å². The third kappa shape index (κ3) is 5.73. The molecule has 3 aliphatic heterocycles. The van der Waals surface area contributed by atoms with Gasteiger partial charge in [0.1, 0.15) is 0 Å². The van der Waals surface area contributed by atoms with Crippen molar-refractivity contribution < 1.29 is 9.53 Å². The Kier molecular flexibility index (Phi) is 9.90. The number of likely N-dealkylation sites (tertiary alicyclic amines) is 1. The molecule has 0 aromatic heterocycles. The Hall–Kier alpha value is -0.0700. The highest BCUT2D eigenvalue weighted by Crippen LogP contribution is 2.30. The molecule has 3 fully saturated rings. The third-order valence-electron chi connectivity index (χ3n) is 5.76. The molecular formula is C17H33Cl2N3O2. The number of carbonyl (C=O) groups excluding carboxylic acids is 1. The molecule has 0 aliphatic carbocycles. The van der Waals surface area contributed by atoms with E-state index in [1.807, 2.05) is 0 Å². The summed E-state index contributed by atoms with van der Waals surface area (Å²) in [5.74, 6) is 0.929. The highest BCUT2D eigenvalue weighted by molar-refractivity contribution is 5.85. The van der Waals surface area contributed by atoms with E-state index in [4.69, 9.17) is 4.74 Å². The number of ether oxygens (including phenoxy) is 1. The maximum atomic E-state index is 12.2. The Morgan fingerprint density at radius 1 is 1.21 bits per heavy atom. The largest absolute Gasteiger partial charge is 0.381 e. The quantitative estimate of drug-likeness (QED) is 0.738. The minimum absolute atomic E-state index is 0. The van der Waals surface area contributed by atoms with Crippen molar-refractivity contribution >= 4 is 30.7 Å². The molecule has 0 aromatic rings. The summed E-state index contributed by atoms with van der Waals surface area (Å²) in [5.41, 5.74) is 0.152. The van der Waals surface area contributed by atoms with Crippen LogP contribution in [-0.4, -0.2) is 62.3 Å². The lowest BCUT2D eigenvalue weighted by Crippen LogP contribution is -2.57. The third-order valence-corrected chi connectivity index (χ3v) is 5.76. The lowest BCUT2D eigenvalue weighted by atomic mass is 9.88. The predicted octanol–water partition coefficient (Wildman–Crippen LogP) is 1.98. The van der Waals surface area contributed by atoms with Crippen molar-refractivity contribution in [3.05, 3.63) is 0 Å². The Morgan fingerprint density at radius 2 is 1.92 bits per heavy atom. The highest BCUT2D eigenvalue weighted by Gasteiger charge is 2.39. The highest BCUT2D eigenvalue weighted by atomic mass is 35.5. The van der Waals surface area contributed by atoms with E-state index in [-0.39, 0.29) is 36.3 Å². The number of halogens is 2. The molecule has 0 spiro atoms. The predicted molar refractivity (Wildman–Crippen MR) is 101 cm³/mol. The molecule has 0 saturated carbocycles. The van der Waals surface area contributed by atoms with Crippen molar-refractivity contribution in [2.75, 3.05) is 45.9 Å². The molecule has 142 valence electrons. The fraction of sp³-hybridized carbons (Fsp3) is 0.941. The number of nitrogens with zero attached hydrogens (tertiary/aromatic N) is 1. The number of carbonyl (C=O) groups is 1. The van der Waals surface area contributed by atoms with E-state index in [0.717, 1.165) is 52.1 Å². The number of amides is 1. The van der Waals surface area contributed by atoms with Gasteiger partial charge in [0.15, 0.2) is 0 Å². The number of hydrogen-bond acceptors (Lipinski definition) is 4. The summed E-state index contributed by atoms with van der Waals surface area (Å²) < 4.78 is 5.56. The topological polar surface area (TPSA) is 53.6 Å². The molecule has 0 aromatic carbocycles. The smallest absolute Gasteiger partial charge is 0.220 e. The van der Waals surface area contributed by atoms with E-state index >= 15 is 0 Å². The van der Waals surface area contributed by atoms with Crippen molar-refractivity contribution in [3.8, 4) is 0 Å². The van der Waals surface area contributed by atoms with E-state index in [2.05, 4.69) is 15.5 Å². The fourth-order valence-corrected chi connectivity index (χ4v) is 4.20. The molecule has 1 atom stereocenters. The molecule has 24 heavy (non-hydrogen) atoms. The zero-order valence-corrected chi connectivity index (χ0v) is 16.2. The van der Waals surface area contributed by atoms with Crippen LogP contribution in [0.2, 0.25) is 0 Å². The van der Waals surface area contributed by atoms with Gasteiger partial charge < -0.3 is 15.4 Å². The Labute approximate surface area is 158 Å². The average Bonchev–Trinajstić information content (AvgIpc) is 3.25. The summed E-state index contributed by atoms with van der Waals surface area (Å²) in [5, 5.41) is 6.61. The Balaban J connectivity index is 0.00000144. The first kappa shape index (κ1) is 22.0. The standard InChI is InChI=1S/C17H31N3O2.2ClH/c21-16(4-3-15-5-8-18-13-15)19-14-17(6-11-22-12-7-17)20-9-1-2-10-20;;/h15,18H,1-14H2,(H,19,21);2*1H. The van der Waals surface area contributed by atoms with E-state index in [0.29, 0.717) is 12.3 Å². The normalized spacial score (nSPS) is 26.4. The van der Waals surface area contributed by atoms with Gasteiger partial charge in [-0.2, -0.15) is 0 Å². The molecule has 0 radical (unpaired) electrons. The first-order chi connectivity index (χ1) is 10.8. The van der Waals surface area contributed by atoms with Crippen molar-refractivity contribution in [2.24, 2.45) is 5.92 Å². The Morgan fingerprint density at radius 3 is 2.54 bits per heavy atom. The van der Waals surface area contributed by atoms with E-state index in [1.165, 1.54) is 32.4 Å². The maximum Gasteiger partial charge on any atom is 0.220 e. The van der Waals surface area contributed by atoms with Gasteiger partial charge in [-0.15, -0.1) is 24.8 Å². The molecule has 5 nitrogen and oxygen atoms in total. The van der Waals surface area contributed by atoms with Gasteiger partial charge in [0.25, 0.3) is 0 Å². The molecule has 1 unspecified atom stereocenters. The monoisotopic (exact) mass is 381 g/mol. The molecular weight excluding hydrogens is 349 g/mol. The number of rotatable bonds is 6. The van der Waals surface area contributed by atoms with Crippen LogP contribution in [0, 0.1) is 5.92 Å². The van der Waals surface area contributed by atoms with Crippen LogP contribution in [0.25, 0.3) is 0 Å². The molecule has 2 N–H and O–H groups in total. The van der Waals surface area contributed by atoms with Crippen LogP contribution >= 0.6 is 24.8 Å². The minimum Gasteiger partial charge on any atom is -0.381 e. The first-order valence-corrected chi connectivity index (χ1v) is 9.09. The zero-order valence-electron chi connectivity index (χ0n) is 14.6. The number of hydrogen-bond donors (Lipinski definition) is 2. The van der Waals surface area contributed by atoms with Crippen LogP contribution in [-0.2, 0) is 9.53 Å². The van der Waals surface area contributed by atoms with Gasteiger partial charge in [-0.25, -0.2) is 0 Å². The van der Waals surface area contributed by atoms with Crippen LogP contribution < -0.4 is 10.6 Å². The lowest BCUT2D eigenvalue weighted by molar-refractivity contribution is -0.122. The molecule has 3 saturated heterocycles. The van der Waals surface area contributed by atoms with Gasteiger partial charge in [0.2, 0.25) is 5.91 Å². The summed E-state index contributed by atoms with van der Waals surface area (Å²) in [6, 6.07) is 0. The molecule has 3 rings (SSSR count). The fourth-order valence-electron chi connectivity index (χ4n) is 4.20. The second kappa shape index (κ2) is 10.8. The van der Waals surface area contributed by atoms with Crippen LogP contribution in [0.1, 0.15) is 44.9 Å². The molecule has 7 heteroatoms. The maximum absolute atomic E-state index is 12.2. The van der Waals surface area contributed by atoms with Gasteiger partial charge in [-0.1, -0.05) is 0 Å². The molecule has 3 heterocycles. The molecule has 3 aliphatic rings. The van der Waals surface area contributed by atoms with E-state index in [9.17, 15) is 4.79 Å². The second-order valence-electron chi connectivity index (χ2n) is 7.21. The van der Waals surface area contributed by atoms with Gasteiger partial charge in [0.05, 0.1) is 0 Å². The molecule has 0 bridgehead atoms. The number of nitrogens with one attached hydrogen (secondary N) is 2. The summed E-state index contributed by atoms with van der Waals surface area (Å²) >= 11 is 0. The van der Waals surface area contributed by atoms with Gasteiger partial charge in [0, 0.05) is 31.7 Å². The molecule has 1 amide bonds. The summed E-state index contributed by atoms with van der Waals surface area (Å²) in [6.07, 6.45) is 7.63. The van der Waals surface area contributed by atoms with Gasteiger partial charge >= 0.3 is 0 Å². The van der Waals surface area contributed by atoms with Crippen LogP contribution in [0.5, 0.6) is 0 Å². The summed E-state index contributed by atoms with van der Waals surface area (Å²) in [6.45, 7) is 7.04. The summed E-state index contributed by atoms with van der Waals surface area (Å²) in [7, 11) is 0.